The van der Waals surface area contributed by atoms with E-state index in [9.17, 15) is 4.79 Å². The van der Waals surface area contributed by atoms with Crippen LogP contribution in [0.2, 0.25) is 5.02 Å². The second-order valence-electron chi connectivity index (χ2n) is 10.7. The Labute approximate surface area is 238 Å². The molecule has 2 aliphatic heterocycles. The van der Waals surface area contributed by atoms with Crippen LogP contribution in [0.4, 0.5) is 5.82 Å². The highest BCUT2D eigenvalue weighted by Crippen LogP contribution is 2.33. The van der Waals surface area contributed by atoms with Gasteiger partial charge in [0.05, 0.1) is 0 Å². The number of aromatic nitrogens is 4. The van der Waals surface area contributed by atoms with Crippen molar-refractivity contribution in [1.29, 1.82) is 0 Å². The van der Waals surface area contributed by atoms with Gasteiger partial charge in [0.25, 0.3) is 0 Å². The van der Waals surface area contributed by atoms with E-state index < -0.39 is 0 Å². The lowest BCUT2D eigenvalue weighted by molar-refractivity contribution is 0.146. The van der Waals surface area contributed by atoms with E-state index in [-0.39, 0.29) is 11.7 Å². The summed E-state index contributed by atoms with van der Waals surface area (Å²) >= 11 is 6.14. The molecular formula is C30H47ClN6O2. The van der Waals surface area contributed by atoms with E-state index in [0.29, 0.717) is 17.8 Å². The number of hydrogen-bond donors (Lipinski definition) is 0. The standard InChI is InChI=1S/C24H33ClN6O.C4H8O.C2H6/c1-15(2)13-20(18-7-9-19(25)10-8-18)30-11-12-31(16(3)14-30)22-21-23(28(5)17(4)26-21)29(6)24(32)27-22;1-2-4-5-3-1;1-2/h7-10,15-16,20H,11-14H2,1-6H3;1-4H2;1-2H3. The van der Waals surface area contributed by atoms with Crippen LogP contribution in [0, 0.1) is 12.8 Å². The Bertz CT molecular complexity index is 1240. The van der Waals surface area contributed by atoms with Gasteiger partial charge >= 0.3 is 5.69 Å². The average Bonchev–Trinajstić information content (AvgIpc) is 3.60. The van der Waals surface area contributed by atoms with Crippen molar-refractivity contribution in [3.05, 3.63) is 51.2 Å². The lowest BCUT2D eigenvalue weighted by atomic mass is 9.94. The zero-order valence-corrected chi connectivity index (χ0v) is 25.8. The first-order valence-electron chi connectivity index (χ1n) is 14.4. The Hall–Kier alpha value is -2.42. The molecule has 2 aliphatic rings. The monoisotopic (exact) mass is 558 g/mol. The summed E-state index contributed by atoms with van der Waals surface area (Å²) in [6, 6.07) is 8.80. The second kappa shape index (κ2) is 14.3. The summed E-state index contributed by atoms with van der Waals surface area (Å²) in [7, 11) is 3.70. The van der Waals surface area contributed by atoms with Crippen LogP contribution >= 0.6 is 11.6 Å². The molecule has 0 amide bonds. The minimum atomic E-state index is -0.246. The minimum Gasteiger partial charge on any atom is -0.381 e. The fraction of sp³-hybridized carbons (Fsp3) is 0.633. The van der Waals surface area contributed by atoms with E-state index in [4.69, 9.17) is 21.3 Å². The van der Waals surface area contributed by atoms with Crippen LogP contribution in [-0.2, 0) is 18.8 Å². The number of nitrogens with zero attached hydrogens (tertiary/aromatic N) is 6. The fourth-order valence-electron chi connectivity index (χ4n) is 5.36. The second-order valence-corrected chi connectivity index (χ2v) is 11.2. The van der Waals surface area contributed by atoms with Crippen molar-refractivity contribution in [3.8, 4) is 0 Å². The van der Waals surface area contributed by atoms with Gasteiger partial charge in [-0.25, -0.2) is 9.78 Å². The third-order valence-corrected chi connectivity index (χ3v) is 7.71. The van der Waals surface area contributed by atoms with Crippen molar-refractivity contribution in [2.75, 3.05) is 37.7 Å². The van der Waals surface area contributed by atoms with E-state index in [1.807, 2.05) is 44.5 Å². The summed E-state index contributed by atoms with van der Waals surface area (Å²) in [6.07, 6.45) is 3.64. The molecular weight excluding hydrogens is 512 g/mol. The molecule has 0 radical (unpaired) electrons. The number of hydrogen-bond acceptors (Lipinski definition) is 6. The van der Waals surface area contributed by atoms with Crippen LogP contribution in [0.1, 0.15) is 71.3 Å². The summed E-state index contributed by atoms with van der Waals surface area (Å²) < 4.78 is 8.49. The van der Waals surface area contributed by atoms with Gasteiger partial charge in [-0.3, -0.25) is 9.47 Å². The number of fused-ring (bicyclic) bond motifs is 1. The van der Waals surface area contributed by atoms with Gasteiger partial charge in [-0.05, 0) is 56.7 Å². The number of halogens is 1. The van der Waals surface area contributed by atoms with Gasteiger partial charge in [0.1, 0.15) is 17.0 Å². The first-order chi connectivity index (χ1) is 18.7. The van der Waals surface area contributed by atoms with E-state index in [1.165, 1.54) is 18.4 Å². The predicted octanol–water partition coefficient (Wildman–Crippen LogP) is 5.75. The topological polar surface area (TPSA) is 68.4 Å². The molecule has 0 bridgehead atoms. The molecule has 0 spiro atoms. The average molecular weight is 559 g/mol. The number of rotatable bonds is 5. The highest BCUT2D eigenvalue weighted by molar-refractivity contribution is 6.30. The molecule has 1 aromatic carbocycles. The Morgan fingerprint density at radius 1 is 1.03 bits per heavy atom. The number of imidazole rings is 1. The zero-order valence-electron chi connectivity index (χ0n) is 25.1. The minimum absolute atomic E-state index is 0.204. The predicted molar refractivity (Wildman–Crippen MR) is 162 cm³/mol. The maximum absolute atomic E-state index is 12.6. The molecule has 2 saturated heterocycles. The molecule has 0 aliphatic carbocycles. The molecule has 5 rings (SSSR count). The highest BCUT2D eigenvalue weighted by atomic mass is 35.5. The quantitative estimate of drug-likeness (QED) is 0.397. The van der Waals surface area contributed by atoms with E-state index in [0.717, 1.165) is 61.3 Å². The number of piperazine rings is 1. The summed E-state index contributed by atoms with van der Waals surface area (Å²) in [5.74, 6) is 2.15. The number of ether oxygens (including phenoxy) is 1. The SMILES string of the molecule is C1CCOC1.CC.Cc1nc2c(N3CCN(C(CC(C)C)c4ccc(Cl)cc4)CC3C)nc(=O)n(C)c2n1C. The first kappa shape index (κ1) is 31.1. The summed E-state index contributed by atoms with van der Waals surface area (Å²) in [6.45, 7) is 17.3. The third-order valence-electron chi connectivity index (χ3n) is 7.46. The molecule has 9 heteroatoms. The lowest BCUT2D eigenvalue weighted by Crippen LogP contribution is -2.53. The molecule has 216 valence electrons. The van der Waals surface area contributed by atoms with Gasteiger partial charge in [0.15, 0.2) is 5.82 Å². The van der Waals surface area contributed by atoms with E-state index in [1.54, 1.807) is 11.6 Å². The normalized spacial score (nSPS) is 18.5. The van der Waals surface area contributed by atoms with Gasteiger partial charge in [-0.2, -0.15) is 4.98 Å². The van der Waals surface area contributed by atoms with E-state index >= 15 is 0 Å². The van der Waals surface area contributed by atoms with Crippen molar-refractivity contribution in [3.63, 3.8) is 0 Å². The molecule has 2 unspecified atom stereocenters. The van der Waals surface area contributed by atoms with Crippen LogP contribution in [-0.4, -0.2) is 62.9 Å². The maximum atomic E-state index is 12.6. The van der Waals surface area contributed by atoms with Crippen molar-refractivity contribution in [2.24, 2.45) is 20.0 Å². The van der Waals surface area contributed by atoms with Crippen molar-refractivity contribution < 1.29 is 4.74 Å². The van der Waals surface area contributed by atoms with E-state index in [2.05, 4.69) is 47.7 Å². The van der Waals surface area contributed by atoms with Crippen molar-refractivity contribution in [1.82, 2.24) is 24.0 Å². The smallest absolute Gasteiger partial charge is 0.350 e. The van der Waals surface area contributed by atoms with Crippen LogP contribution in [0.25, 0.3) is 11.2 Å². The van der Waals surface area contributed by atoms with Crippen molar-refractivity contribution >= 4 is 28.6 Å². The molecule has 0 saturated carbocycles. The Kier molecular flexibility index (Phi) is 11.4. The zero-order chi connectivity index (χ0) is 28.7. The molecule has 39 heavy (non-hydrogen) atoms. The maximum Gasteiger partial charge on any atom is 0.350 e. The molecule has 8 nitrogen and oxygen atoms in total. The van der Waals surface area contributed by atoms with Crippen LogP contribution < -0.4 is 10.6 Å². The first-order valence-corrected chi connectivity index (χ1v) is 14.8. The van der Waals surface area contributed by atoms with Gasteiger partial charge < -0.3 is 14.2 Å². The van der Waals surface area contributed by atoms with Gasteiger partial charge in [-0.15, -0.1) is 0 Å². The van der Waals surface area contributed by atoms with Crippen LogP contribution in [0.5, 0.6) is 0 Å². The number of anilines is 1. The molecule has 4 heterocycles. The van der Waals surface area contributed by atoms with Gasteiger partial charge in [0, 0.05) is 64.0 Å². The lowest BCUT2D eigenvalue weighted by Gasteiger charge is -2.44. The summed E-state index contributed by atoms with van der Waals surface area (Å²) in [5, 5.41) is 0.765. The van der Waals surface area contributed by atoms with Crippen LogP contribution in [0.15, 0.2) is 29.1 Å². The molecule has 2 fully saturated rings. The summed E-state index contributed by atoms with van der Waals surface area (Å²) in [4.78, 5) is 26.6. The number of aryl methyl sites for hydroxylation is 3. The third kappa shape index (κ3) is 7.41. The fourth-order valence-corrected chi connectivity index (χ4v) is 5.49. The Morgan fingerprint density at radius 3 is 2.21 bits per heavy atom. The Balaban J connectivity index is 0.000000530. The molecule has 2 atom stereocenters. The molecule has 2 aromatic heterocycles. The largest absolute Gasteiger partial charge is 0.381 e. The van der Waals surface area contributed by atoms with Crippen molar-refractivity contribution in [2.45, 2.75) is 72.9 Å². The highest BCUT2D eigenvalue weighted by Gasteiger charge is 2.32. The van der Waals surface area contributed by atoms with Gasteiger partial charge in [0.2, 0.25) is 0 Å². The van der Waals surface area contributed by atoms with Crippen LogP contribution in [0.3, 0.4) is 0 Å². The molecule has 3 aromatic rings. The Morgan fingerprint density at radius 2 is 1.67 bits per heavy atom. The number of benzene rings is 1. The van der Waals surface area contributed by atoms with Gasteiger partial charge in [-0.1, -0.05) is 51.4 Å². The summed E-state index contributed by atoms with van der Waals surface area (Å²) in [5.41, 5.74) is 2.66. The molecule has 0 N–H and O–H groups in total.